The Kier molecular flexibility index (Phi) is 1.74. The summed E-state index contributed by atoms with van der Waals surface area (Å²) < 4.78 is 1.95. The number of aryl methyl sites for hydroxylation is 1. The van der Waals surface area contributed by atoms with Crippen molar-refractivity contribution < 1.29 is 0 Å². The summed E-state index contributed by atoms with van der Waals surface area (Å²) in [5, 5.41) is 4.47. The number of nitrogens with two attached hydrogens (primary N) is 1. The van der Waals surface area contributed by atoms with Crippen molar-refractivity contribution in [3.05, 3.63) is 18.0 Å². The molecule has 0 unspecified atom stereocenters. The van der Waals surface area contributed by atoms with Crippen molar-refractivity contribution in [2.45, 2.75) is 39.3 Å². The molecule has 1 aromatic heterocycles. The van der Waals surface area contributed by atoms with Crippen LogP contribution in [0.3, 0.4) is 0 Å². The zero-order valence-electron chi connectivity index (χ0n) is 8.49. The van der Waals surface area contributed by atoms with Crippen LogP contribution in [0.25, 0.3) is 0 Å². The normalized spacial score (nSPS) is 30.5. The van der Waals surface area contributed by atoms with Gasteiger partial charge in [0.05, 0.1) is 5.69 Å². The average Bonchev–Trinajstić information content (AvgIpc) is 2.55. The minimum absolute atomic E-state index is 0.243. The third-order valence-electron chi connectivity index (χ3n) is 3.21. The smallest absolute Gasteiger partial charge is 0.0677 e. The van der Waals surface area contributed by atoms with Crippen LogP contribution in [-0.2, 0) is 6.54 Å². The lowest BCUT2D eigenvalue weighted by Gasteiger charge is -1.98. The molecule has 1 aliphatic carbocycles. The highest BCUT2D eigenvalue weighted by molar-refractivity contribution is 5.27. The first-order chi connectivity index (χ1) is 6.07. The topological polar surface area (TPSA) is 43.8 Å². The molecule has 0 bridgehead atoms. The van der Waals surface area contributed by atoms with E-state index in [4.69, 9.17) is 5.73 Å². The summed E-state index contributed by atoms with van der Waals surface area (Å²) in [5.41, 5.74) is 7.37. The molecule has 3 heteroatoms. The minimum Gasteiger partial charge on any atom is -0.327 e. The van der Waals surface area contributed by atoms with Gasteiger partial charge in [-0.25, -0.2) is 0 Å². The summed E-state index contributed by atoms with van der Waals surface area (Å²) in [6.07, 6.45) is 2.02. The first-order valence-corrected chi connectivity index (χ1v) is 4.86. The quantitative estimate of drug-likeness (QED) is 0.744. The van der Waals surface area contributed by atoms with Crippen LogP contribution < -0.4 is 5.73 Å². The fourth-order valence-electron chi connectivity index (χ4n) is 1.96. The van der Waals surface area contributed by atoms with E-state index >= 15 is 0 Å². The largest absolute Gasteiger partial charge is 0.327 e. The van der Waals surface area contributed by atoms with Gasteiger partial charge in [-0.15, -0.1) is 0 Å². The van der Waals surface area contributed by atoms with Crippen LogP contribution in [0.1, 0.15) is 32.4 Å². The van der Waals surface area contributed by atoms with Crippen molar-refractivity contribution >= 4 is 0 Å². The maximum atomic E-state index is 5.98. The molecule has 1 heterocycles. The number of nitrogens with zero attached hydrogens (tertiary/aromatic N) is 2. The molecular weight excluding hydrogens is 162 g/mol. The molecule has 1 aliphatic rings. The van der Waals surface area contributed by atoms with E-state index in [1.165, 1.54) is 0 Å². The fourth-order valence-corrected chi connectivity index (χ4v) is 1.96. The number of aromatic nitrogens is 2. The van der Waals surface area contributed by atoms with E-state index in [-0.39, 0.29) is 11.5 Å². The number of rotatable bonds is 2. The van der Waals surface area contributed by atoms with Crippen molar-refractivity contribution in [3.8, 4) is 0 Å². The average molecular weight is 179 g/mol. The highest BCUT2D eigenvalue weighted by atomic mass is 15.3. The molecule has 0 amide bonds. The van der Waals surface area contributed by atoms with Gasteiger partial charge in [0.25, 0.3) is 0 Å². The van der Waals surface area contributed by atoms with Crippen LogP contribution >= 0.6 is 0 Å². The van der Waals surface area contributed by atoms with Gasteiger partial charge in [-0.3, -0.25) is 4.68 Å². The zero-order chi connectivity index (χ0) is 9.64. The van der Waals surface area contributed by atoms with Crippen molar-refractivity contribution in [2.75, 3.05) is 0 Å². The van der Waals surface area contributed by atoms with Gasteiger partial charge in [0.2, 0.25) is 0 Å². The Morgan fingerprint density at radius 1 is 1.62 bits per heavy atom. The van der Waals surface area contributed by atoms with Crippen LogP contribution in [0.2, 0.25) is 0 Å². The molecule has 2 rings (SSSR count). The molecule has 2 atom stereocenters. The van der Waals surface area contributed by atoms with Crippen molar-refractivity contribution in [1.82, 2.24) is 9.78 Å². The van der Waals surface area contributed by atoms with Crippen LogP contribution in [0.15, 0.2) is 12.3 Å². The molecule has 72 valence electrons. The second-order valence-electron chi connectivity index (χ2n) is 4.42. The molecule has 1 aromatic rings. The zero-order valence-corrected chi connectivity index (χ0v) is 8.49. The van der Waals surface area contributed by atoms with Crippen molar-refractivity contribution in [3.63, 3.8) is 0 Å². The predicted molar refractivity (Wildman–Crippen MR) is 52.4 cm³/mol. The number of hydrogen-bond donors (Lipinski definition) is 1. The lowest BCUT2D eigenvalue weighted by atomic mass is 10.1. The summed E-state index contributed by atoms with van der Waals surface area (Å²) in [6.45, 7) is 7.43. The Morgan fingerprint density at radius 2 is 2.23 bits per heavy atom. The monoisotopic (exact) mass is 179 g/mol. The highest BCUT2D eigenvalue weighted by Crippen LogP contribution is 2.56. The fraction of sp³-hybridized carbons (Fsp3) is 0.700. The summed E-state index contributed by atoms with van der Waals surface area (Å²) in [6, 6.07) is 2.37. The molecule has 13 heavy (non-hydrogen) atoms. The van der Waals surface area contributed by atoms with Crippen LogP contribution in [0.4, 0.5) is 0 Å². The standard InChI is InChI=1S/C10H17N3/c1-4-13-6-5-7(12-13)8-9(11)10(8,2)3/h5-6,8-9H,4,11H2,1-3H3/t8-,9-/m0/s1. The molecule has 1 fully saturated rings. The SMILES string of the molecule is CCn1ccc([C@H]2[C@H](N)C2(C)C)n1. The molecule has 0 aliphatic heterocycles. The summed E-state index contributed by atoms with van der Waals surface area (Å²) in [4.78, 5) is 0. The Balaban J connectivity index is 2.19. The molecule has 0 saturated heterocycles. The van der Waals surface area contributed by atoms with E-state index in [1.807, 2.05) is 10.9 Å². The Labute approximate surface area is 78.9 Å². The van der Waals surface area contributed by atoms with Crippen LogP contribution in [-0.4, -0.2) is 15.8 Å². The van der Waals surface area contributed by atoms with Gasteiger partial charge in [-0.2, -0.15) is 5.10 Å². The van der Waals surface area contributed by atoms with Gasteiger partial charge in [0, 0.05) is 24.7 Å². The summed E-state index contributed by atoms with van der Waals surface area (Å²) in [7, 11) is 0. The van der Waals surface area contributed by atoms with Gasteiger partial charge in [-0.05, 0) is 18.4 Å². The summed E-state index contributed by atoms with van der Waals surface area (Å²) >= 11 is 0. The first-order valence-electron chi connectivity index (χ1n) is 4.86. The number of hydrogen-bond acceptors (Lipinski definition) is 2. The Hall–Kier alpha value is -0.830. The van der Waals surface area contributed by atoms with E-state index in [0.29, 0.717) is 5.92 Å². The van der Waals surface area contributed by atoms with Crippen molar-refractivity contribution in [1.29, 1.82) is 0 Å². The van der Waals surface area contributed by atoms with E-state index in [2.05, 4.69) is 31.9 Å². The maximum Gasteiger partial charge on any atom is 0.0677 e. The third kappa shape index (κ3) is 1.18. The van der Waals surface area contributed by atoms with Gasteiger partial charge in [0.1, 0.15) is 0 Å². The van der Waals surface area contributed by atoms with Crippen LogP contribution in [0.5, 0.6) is 0 Å². The molecule has 3 nitrogen and oxygen atoms in total. The van der Waals surface area contributed by atoms with E-state index in [1.54, 1.807) is 0 Å². The Morgan fingerprint density at radius 3 is 2.62 bits per heavy atom. The molecule has 0 aromatic carbocycles. The van der Waals surface area contributed by atoms with Crippen LogP contribution in [0, 0.1) is 5.41 Å². The second-order valence-corrected chi connectivity index (χ2v) is 4.42. The maximum absolute atomic E-state index is 5.98. The van der Waals surface area contributed by atoms with Gasteiger partial charge < -0.3 is 5.73 Å². The molecule has 0 radical (unpaired) electrons. The van der Waals surface area contributed by atoms with E-state index in [0.717, 1.165) is 12.2 Å². The molecule has 1 saturated carbocycles. The molecular formula is C10H17N3. The highest BCUT2D eigenvalue weighted by Gasteiger charge is 2.57. The second kappa shape index (κ2) is 2.58. The van der Waals surface area contributed by atoms with Gasteiger partial charge in [0.15, 0.2) is 0 Å². The molecule has 0 spiro atoms. The van der Waals surface area contributed by atoms with Gasteiger partial charge in [-0.1, -0.05) is 13.8 Å². The third-order valence-corrected chi connectivity index (χ3v) is 3.21. The first kappa shape index (κ1) is 8.75. The minimum atomic E-state index is 0.243. The lowest BCUT2D eigenvalue weighted by molar-refractivity contribution is 0.585. The van der Waals surface area contributed by atoms with Gasteiger partial charge >= 0.3 is 0 Å². The molecule has 2 N–H and O–H groups in total. The lowest BCUT2D eigenvalue weighted by Crippen LogP contribution is -2.06. The van der Waals surface area contributed by atoms with E-state index < -0.39 is 0 Å². The summed E-state index contributed by atoms with van der Waals surface area (Å²) in [5.74, 6) is 0.459. The Bertz CT molecular complexity index is 314. The predicted octanol–water partition coefficient (Wildman–Crippen LogP) is 1.35. The van der Waals surface area contributed by atoms with E-state index in [9.17, 15) is 0 Å². The van der Waals surface area contributed by atoms with Crippen molar-refractivity contribution in [2.24, 2.45) is 11.1 Å².